The fourth-order valence-electron chi connectivity index (χ4n) is 0.863. The van der Waals surface area contributed by atoms with Crippen molar-refractivity contribution in [2.45, 2.75) is 6.92 Å². The van der Waals surface area contributed by atoms with E-state index in [4.69, 9.17) is 4.74 Å². The van der Waals surface area contributed by atoms with Crippen LogP contribution in [-0.2, 0) is 4.74 Å². The molecule has 0 aliphatic carbocycles. The summed E-state index contributed by atoms with van der Waals surface area (Å²) in [5, 5.41) is 0. The standard InChI is InChI=1S/C14H18O/c1-5-7-8-10-13(3)11-12-14(15-4)9-6-2/h5-12H,1-2H2,3-4H3/b8-7-,12-11+,13-10+,14-9+. The molecule has 0 atom stereocenters. The first kappa shape index (κ1) is 13.2. The minimum absolute atomic E-state index is 0.783. The Labute approximate surface area is 92.5 Å². The third kappa shape index (κ3) is 7.32. The van der Waals surface area contributed by atoms with Crippen molar-refractivity contribution in [3.63, 3.8) is 0 Å². The fourth-order valence-corrected chi connectivity index (χ4v) is 0.863. The molecule has 0 aromatic heterocycles. The summed E-state index contributed by atoms with van der Waals surface area (Å²) in [6.07, 6.45) is 14.9. The molecule has 0 aliphatic heterocycles. The Morgan fingerprint density at radius 2 is 1.73 bits per heavy atom. The zero-order chi connectivity index (χ0) is 11.5. The molecule has 0 N–H and O–H groups in total. The van der Waals surface area contributed by atoms with Crippen LogP contribution in [0, 0.1) is 0 Å². The first-order valence-electron chi connectivity index (χ1n) is 4.75. The van der Waals surface area contributed by atoms with Crippen LogP contribution >= 0.6 is 0 Å². The molecule has 0 amide bonds. The zero-order valence-corrected chi connectivity index (χ0v) is 9.44. The monoisotopic (exact) mass is 202 g/mol. The van der Waals surface area contributed by atoms with Gasteiger partial charge in [-0.1, -0.05) is 55.2 Å². The Morgan fingerprint density at radius 1 is 1.00 bits per heavy atom. The Balaban J connectivity index is 4.43. The number of hydrogen-bond acceptors (Lipinski definition) is 1. The van der Waals surface area contributed by atoms with Crippen LogP contribution in [0.5, 0.6) is 0 Å². The Kier molecular flexibility index (Phi) is 7.79. The van der Waals surface area contributed by atoms with E-state index in [1.807, 2.05) is 43.4 Å². The molecule has 0 aliphatic rings. The van der Waals surface area contributed by atoms with Crippen molar-refractivity contribution in [2.75, 3.05) is 7.11 Å². The SMILES string of the molecule is C=C\C=C/C=C(C)/C=C/C(=C\C=C)OC. The second-order valence-corrected chi connectivity index (χ2v) is 2.87. The summed E-state index contributed by atoms with van der Waals surface area (Å²) in [6, 6.07) is 0. The van der Waals surface area contributed by atoms with Gasteiger partial charge in [0.15, 0.2) is 0 Å². The summed E-state index contributed by atoms with van der Waals surface area (Å²) in [4.78, 5) is 0. The lowest BCUT2D eigenvalue weighted by Gasteiger charge is -1.97. The molecule has 0 bridgehead atoms. The number of methoxy groups -OCH3 is 1. The molecule has 0 rings (SSSR count). The van der Waals surface area contributed by atoms with Crippen LogP contribution in [0.3, 0.4) is 0 Å². The molecule has 0 aromatic carbocycles. The lowest BCUT2D eigenvalue weighted by atomic mass is 10.2. The molecule has 15 heavy (non-hydrogen) atoms. The molecule has 0 unspecified atom stereocenters. The molecule has 0 saturated carbocycles. The Bertz CT molecular complexity index is 314. The maximum Gasteiger partial charge on any atom is 0.118 e. The highest BCUT2D eigenvalue weighted by Crippen LogP contribution is 2.02. The van der Waals surface area contributed by atoms with Crippen LogP contribution in [0.4, 0.5) is 0 Å². The average Bonchev–Trinajstić information content (AvgIpc) is 2.24. The van der Waals surface area contributed by atoms with Gasteiger partial charge in [0.05, 0.1) is 7.11 Å². The van der Waals surface area contributed by atoms with E-state index in [2.05, 4.69) is 13.2 Å². The third-order valence-corrected chi connectivity index (χ3v) is 1.63. The quantitative estimate of drug-likeness (QED) is 0.468. The number of rotatable bonds is 6. The van der Waals surface area contributed by atoms with Crippen LogP contribution in [-0.4, -0.2) is 7.11 Å². The normalized spacial score (nSPS) is 13.5. The lowest BCUT2D eigenvalue weighted by Crippen LogP contribution is -1.80. The van der Waals surface area contributed by atoms with E-state index < -0.39 is 0 Å². The van der Waals surface area contributed by atoms with Crippen molar-refractivity contribution in [2.24, 2.45) is 0 Å². The van der Waals surface area contributed by atoms with E-state index >= 15 is 0 Å². The van der Waals surface area contributed by atoms with Gasteiger partial charge in [0.25, 0.3) is 0 Å². The van der Waals surface area contributed by atoms with Crippen LogP contribution in [0.1, 0.15) is 6.92 Å². The van der Waals surface area contributed by atoms with Gasteiger partial charge >= 0.3 is 0 Å². The van der Waals surface area contributed by atoms with Crippen molar-refractivity contribution in [1.82, 2.24) is 0 Å². The fraction of sp³-hybridized carbons (Fsp3) is 0.143. The largest absolute Gasteiger partial charge is 0.497 e. The van der Waals surface area contributed by atoms with Crippen LogP contribution < -0.4 is 0 Å². The minimum Gasteiger partial charge on any atom is -0.497 e. The van der Waals surface area contributed by atoms with Crippen LogP contribution in [0.15, 0.2) is 73.1 Å². The van der Waals surface area contributed by atoms with E-state index in [1.165, 1.54) is 0 Å². The van der Waals surface area contributed by atoms with Crippen molar-refractivity contribution >= 4 is 0 Å². The topological polar surface area (TPSA) is 9.23 Å². The first-order chi connectivity index (χ1) is 7.24. The minimum atomic E-state index is 0.783. The lowest BCUT2D eigenvalue weighted by molar-refractivity contribution is 0.307. The van der Waals surface area contributed by atoms with E-state index in [0.717, 1.165) is 11.3 Å². The second-order valence-electron chi connectivity index (χ2n) is 2.87. The van der Waals surface area contributed by atoms with Gasteiger partial charge in [-0.15, -0.1) is 0 Å². The summed E-state index contributed by atoms with van der Waals surface area (Å²) < 4.78 is 5.11. The molecular weight excluding hydrogens is 184 g/mol. The van der Waals surface area contributed by atoms with Gasteiger partial charge in [-0.05, 0) is 19.1 Å². The molecule has 0 aromatic rings. The second kappa shape index (κ2) is 8.82. The summed E-state index contributed by atoms with van der Waals surface area (Å²) in [7, 11) is 1.64. The van der Waals surface area contributed by atoms with Crippen LogP contribution in [0.2, 0.25) is 0 Å². The molecule has 1 heteroatoms. The summed E-state index contributed by atoms with van der Waals surface area (Å²) in [5.74, 6) is 0.783. The van der Waals surface area contributed by atoms with E-state index in [1.54, 1.807) is 19.3 Å². The highest BCUT2D eigenvalue weighted by atomic mass is 16.5. The predicted octanol–water partition coefficient (Wildman–Crippen LogP) is 3.95. The Morgan fingerprint density at radius 3 is 2.27 bits per heavy atom. The molecule has 0 radical (unpaired) electrons. The maximum absolute atomic E-state index is 5.11. The third-order valence-electron chi connectivity index (χ3n) is 1.63. The van der Waals surface area contributed by atoms with Crippen molar-refractivity contribution in [1.29, 1.82) is 0 Å². The maximum atomic E-state index is 5.11. The van der Waals surface area contributed by atoms with Gasteiger partial charge in [0.2, 0.25) is 0 Å². The Hall–Kier alpha value is -1.76. The highest BCUT2D eigenvalue weighted by molar-refractivity contribution is 5.28. The predicted molar refractivity (Wildman–Crippen MR) is 67.5 cm³/mol. The summed E-state index contributed by atoms with van der Waals surface area (Å²) in [5.41, 5.74) is 1.14. The zero-order valence-electron chi connectivity index (χ0n) is 9.44. The molecule has 80 valence electrons. The number of allylic oxidation sites excluding steroid dienone is 9. The van der Waals surface area contributed by atoms with Crippen molar-refractivity contribution < 1.29 is 4.74 Å². The molecular formula is C14H18O. The van der Waals surface area contributed by atoms with Crippen LogP contribution in [0.25, 0.3) is 0 Å². The van der Waals surface area contributed by atoms with Gasteiger partial charge in [0.1, 0.15) is 5.76 Å². The van der Waals surface area contributed by atoms with E-state index in [0.29, 0.717) is 0 Å². The summed E-state index contributed by atoms with van der Waals surface area (Å²) in [6.45, 7) is 9.22. The van der Waals surface area contributed by atoms with Gasteiger partial charge in [-0.2, -0.15) is 0 Å². The molecule has 1 nitrogen and oxygen atoms in total. The first-order valence-corrected chi connectivity index (χ1v) is 4.75. The van der Waals surface area contributed by atoms with Gasteiger partial charge in [-0.3, -0.25) is 0 Å². The van der Waals surface area contributed by atoms with Crippen molar-refractivity contribution in [3.8, 4) is 0 Å². The van der Waals surface area contributed by atoms with E-state index in [9.17, 15) is 0 Å². The van der Waals surface area contributed by atoms with Gasteiger partial charge < -0.3 is 4.74 Å². The smallest absolute Gasteiger partial charge is 0.118 e. The van der Waals surface area contributed by atoms with Gasteiger partial charge in [0, 0.05) is 0 Å². The molecule has 0 spiro atoms. The number of hydrogen-bond donors (Lipinski definition) is 0. The van der Waals surface area contributed by atoms with E-state index in [-0.39, 0.29) is 0 Å². The molecule has 0 saturated heterocycles. The number of ether oxygens (including phenoxy) is 1. The average molecular weight is 202 g/mol. The molecule has 0 heterocycles. The van der Waals surface area contributed by atoms with Crippen molar-refractivity contribution in [3.05, 3.63) is 73.1 Å². The summed E-state index contributed by atoms with van der Waals surface area (Å²) >= 11 is 0. The highest BCUT2D eigenvalue weighted by Gasteiger charge is 1.86. The van der Waals surface area contributed by atoms with Gasteiger partial charge in [-0.25, -0.2) is 0 Å². The molecule has 0 fully saturated rings.